The number of rotatable bonds is 3. The summed E-state index contributed by atoms with van der Waals surface area (Å²) in [5.41, 5.74) is 2.01. The number of thiophene rings is 1. The second-order valence-electron chi connectivity index (χ2n) is 4.41. The van der Waals surface area contributed by atoms with Gasteiger partial charge in [0.2, 0.25) is 0 Å². The van der Waals surface area contributed by atoms with Crippen LogP contribution in [0.4, 0.5) is 5.00 Å². The molecule has 0 bridgehead atoms. The summed E-state index contributed by atoms with van der Waals surface area (Å²) in [6, 6.07) is 0. The number of carbonyl (C=O) groups is 1. The number of ether oxygens (including phenoxy) is 1. The third-order valence-electron chi connectivity index (χ3n) is 3.26. The Kier molecular flexibility index (Phi) is 3.72. The van der Waals surface area contributed by atoms with E-state index in [0.29, 0.717) is 12.5 Å². The summed E-state index contributed by atoms with van der Waals surface area (Å²) in [6.07, 6.45) is 3.48. The van der Waals surface area contributed by atoms with Gasteiger partial charge in [0.25, 0.3) is 0 Å². The van der Waals surface area contributed by atoms with Gasteiger partial charge in [-0.15, -0.1) is 11.3 Å². The minimum absolute atomic E-state index is 0.178. The molecule has 0 fully saturated rings. The molecule has 1 aliphatic rings. The van der Waals surface area contributed by atoms with Crippen LogP contribution in [0.5, 0.6) is 0 Å². The number of aryl methyl sites for hydroxylation is 1. The van der Waals surface area contributed by atoms with Gasteiger partial charge in [-0.2, -0.15) is 0 Å². The highest BCUT2D eigenvalue weighted by molar-refractivity contribution is 7.16. The van der Waals surface area contributed by atoms with Gasteiger partial charge in [0.05, 0.1) is 12.2 Å². The fourth-order valence-corrected chi connectivity index (χ4v) is 3.80. The number of nitrogens with one attached hydrogen (secondary N) is 1. The van der Waals surface area contributed by atoms with Crippen molar-refractivity contribution in [1.82, 2.24) is 0 Å². The van der Waals surface area contributed by atoms with Crippen LogP contribution in [0.3, 0.4) is 0 Å². The van der Waals surface area contributed by atoms with Gasteiger partial charge in [-0.05, 0) is 37.7 Å². The first kappa shape index (κ1) is 12.4. The predicted molar refractivity (Wildman–Crippen MR) is 71.2 cm³/mol. The highest BCUT2D eigenvalue weighted by atomic mass is 32.1. The van der Waals surface area contributed by atoms with E-state index in [9.17, 15) is 4.79 Å². The number of hydrogen-bond donors (Lipinski definition) is 1. The highest BCUT2D eigenvalue weighted by Gasteiger charge is 2.29. The molecule has 0 saturated heterocycles. The Morgan fingerprint density at radius 3 is 3.00 bits per heavy atom. The zero-order chi connectivity index (χ0) is 12.4. The maximum absolute atomic E-state index is 12.0. The predicted octanol–water partition coefficient (Wildman–Crippen LogP) is 3.41. The van der Waals surface area contributed by atoms with Crippen molar-refractivity contribution in [2.24, 2.45) is 0 Å². The summed E-state index contributed by atoms with van der Waals surface area (Å²) in [5, 5.41) is 4.09. The van der Waals surface area contributed by atoms with Gasteiger partial charge in [-0.1, -0.05) is 6.92 Å². The number of esters is 1. The van der Waals surface area contributed by atoms with Crippen molar-refractivity contribution in [1.29, 1.82) is 0 Å². The molecule has 1 aromatic rings. The Bertz CT molecular complexity index is 425. The second kappa shape index (κ2) is 5.08. The molecule has 94 valence electrons. The lowest BCUT2D eigenvalue weighted by atomic mass is 9.86. The number of anilines is 1. The van der Waals surface area contributed by atoms with Gasteiger partial charge in [0.1, 0.15) is 5.00 Å². The molecule has 0 saturated carbocycles. The van der Waals surface area contributed by atoms with Gasteiger partial charge in [0.15, 0.2) is 0 Å². The minimum Gasteiger partial charge on any atom is -0.462 e. The van der Waals surface area contributed by atoms with E-state index in [1.165, 1.54) is 23.3 Å². The fraction of sp³-hybridized carbons (Fsp3) is 0.615. The Hall–Kier alpha value is -1.03. The van der Waals surface area contributed by atoms with Crippen LogP contribution in [0, 0.1) is 0 Å². The van der Waals surface area contributed by atoms with E-state index in [1.807, 2.05) is 14.0 Å². The van der Waals surface area contributed by atoms with Crippen LogP contribution in [0.1, 0.15) is 53.4 Å². The maximum Gasteiger partial charge on any atom is 0.341 e. The molecule has 0 aliphatic heterocycles. The Balaban J connectivity index is 2.47. The van der Waals surface area contributed by atoms with Crippen molar-refractivity contribution in [3.05, 3.63) is 16.0 Å². The van der Waals surface area contributed by atoms with Crippen molar-refractivity contribution in [3.8, 4) is 0 Å². The monoisotopic (exact) mass is 253 g/mol. The molecular weight excluding hydrogens is 234 g/mol. The van der Waals surface area contributed by atoms with E-state index in [4.69, 9.17) is 4.74 Å². The van der Waals surface area contributed by atoms with Gasteiger partial charge in [0, 0.05) is 11.9 Å². The number of fused-ring (bicyclic) bond motifs is 1. The van der Waals surface area contributed by atoms with Crippen LogP contribution >= 0.6 is 11.3 Å². The zero-order valence-corrected chi connectivity index (χ0v) is 11.4. The van der Waals surface area contributed by atoms with Crippen molar-refractivity contribution in [2.75, 3.05) is 19.0 Å². The van der Waals surface area contributed by atoms with Crippen molar-refractivity contribution in [2.45, 2.75) is 39.0 Å². The van der Waals surface area contributed by atoms with Crippen LogP contribution in [0.2, 0.25) is 0 Å². The van der Waals surface area contributed by atoms with E-state index in [1.54, 1.807) is 11.3 Å². The molecule has 0 amide bonds. The smallest absolute Gasteiger partial charge is 0.341 e. The summed E-state index contributed by atoms with van der Waals surface area (Å²) < 4.78 is 5.17. The maximum atomic E-state index is 12.0. The van der Waals surface area contributed by atoms with Crippen molar-refractivity contribution < 1.29 is 9.53 Å². The van der Waals surface area contributed by atoms with Crippen LogP contribution in [0.15, 0.2) is 0 Å². The topological polar surface area (TPSA) is 38.3 Å². The Morgan fingerprint density at radius 2 is 2.35 bits per heavy atom. The molecule has 4 heteroatoms. The lowest BCUT2D eigenvalue weighted by Gasteiger charge is -2.19. The van der Waals surface area contributed by atoms with Crippen LogP contribution in [-0.2, 0) is 11.2 Å². The van der Waals surface area contributed by atoms with Crippen molar-refractivity contribution >= 4 is 22.3 Å². The molecule has 0 aromatic carbocycles. The summed E-state index contributed by atoms with van der Waals surface area (Å²) >= 11 is 1.71. The van der Waals surface area contributed by atoms with Gasteiger partial charge in [-0.25, -0.2) is 4.79 Å². The molecule has 1 aliphatic carbocycles. The van der Waals surface area contributed by atoms with E-state index < -0.39 is 0 Å². The van der Waals surface area contributed by atoms with E-state index in [2.05, 4.69) is 12.2 Å². The molecule has 2 rings (SSSR count). The number of hydrogen-bond acceptors (Lipinski definition) is 4. The lowest BCUT2D eigenvalue weighted by Crippen LogP contribution is -2.13. The first-order valence-electron chi connectivity index (χ1n) is 6.19. The second-order valence-corrected chi connectivity index (χ2v) is 5.51. The third-order valence-corrected chi connectivity index (χ3v) is 4.55. The Morgan fingerprint density at radius 1 is 1.59 bits per heavy atom. The molecule has 1 atom stereocenters. The normalized spacial score (nSPS) is 18.6. The summed E-state index contributed by atoms with van der Waals surface area (Å²) in [6.45, 7) is 4.48. The summed E-state index contributed by atoms with van der Waals surface area (Å²) in [7, 11) is 1.87. The quantitative estimate of drug-likeness (QED) is 0.839. The van der Waals surface area contributed by atoms with Crippen LogP contribution in [0.25, 0.3) is 0 Å². The largest absolute Gasteiger partial charge is 0.462 e. The summed E-state index contributed by atoms with van der Waals surface area (Å²) in [4.78, 5) is 13.4. The molecule has 1 aromatic heterocycles. The molecule has 1 unspecified atom stereocenters. The molecule has 17 heavy (non-hydrogen) atoms. The van der Waals surface area contributed by atoms with E-state index in [0.717, 1.165) is 17.0 Å². The summed E-state index contributed by atoms with van der Waals surface area (Å²) in [5.74, 6) is 0.291. The fourth-order valence-electron chi connectivity index (χ4n) is 2.49. The third kappa shape index (κ3) is 2.18. The molecule has 0 spiro atoms. The van der Waals surface area contributed by atoms with Crippen molar-refractivity contribution in [3.63, 3.8) is 0 Å². The SMILES string of the molecule is CCOC(=O)c1c(NC)sc2c1C(C)CCC2. The molecular formula is C13H19NO2S. The standard InChI is InChI=1S/C13H19NO2S/c1-4-16-13(15)11-10-8(2)6-5-7-9(10)17-12(11)14-3/h8,14H,4-7H2,1-3H3. The van der Waals surface area contributed by atoms with E-state index >= 15 is 0 Å². The van der Waals surface area contributed by atoms with Gasteiger partial charge >= 0.3 is 5.97 Å². The molecule has 1 N–H and O–H groups in total. The molecule has 3 nitrogen and oxygen atoms in total. The van der Waals surface area contributed by atoms with Crippen LogP contribution in [-0.4, -0.2) is 19.6 Å². The number of carbonyl (C=O) groups excluding carboxylic acids is 1. The lowest BCUT2D eigenvalue weighted by molar-refractivity contribution is 0.0526. The molecule has 0 radical (unpaired) electrons. The average molecular weight is 253 g/mol. The molecule has 1 heterocycles. The van der Waals surface area contributed by atoms with Gasteiger partial charge in [-0.3, -0.25) is 0 Å². The van der Waals surface area contributed by atoms with Crippen LogP contribution < -0.4 is 5.32 Å². The first-order valence-corrected chi connectivity index (χ1v) is 7.01. The van der Waals surface area contributed by atoms with E-state index in [-0.39, 0.29) is 5.97 Å². The highest BCUT2D eigenvalue weighted by Crippen LogP contribution is 2.43. The Labute approximate surface area is 106 Å². The minimum atomic E-state index is -0.178. The first-order chi connectivity index (χ1) is 8.19. The van der Waals surface area contributed by atoms with Gasteiger partial charge < -0.3 is 10.1 Å². The zero-order valence-electron chi connectivity index (χ0n) is 10.6. The average Bonchev–Trinajstić information content (AvgIpc) is 2.69.